The third-order valence-electron chi connectivity index (χ3n) is 6.45. The highest BCUT2D eigenvalue weighted by atomic mass is 19.1. The maximum Gasteiger partial charge on any atom is 0.262 e. The van der Waals surface area contributed by atoms with Crippen LogP contribution >= 0.6 is 0 Å². The van der Waals surface area contributed by atoms with Gasteiger partial charge in [-0.3, -0.25) is 14.5 Å². The predicted octanol–water partition coefficient (Wildman–Crippen LogP) is 6.04. The molecular formula is C28H24F2N2O3. The zero-order valence-corrected chi connectivity index (χ0v) is 19.3. The number of methoxy groups -OCH3 is 1. The first-order valence-electron chi connectivity index (χ1n) is 11.4. The Morgan fingerprint density at radius 3 is 2.43 bits per heavy atom. The number of nitrogens with zero attached hydrogens (tertiary/aromatic N) is 1. The summed E-state index contributed by atoms with van der Waals surface area (Å²) in [5.41, 5.74) is 2.57. The lowest BCUT2D eigenvalue weighted by atomic mass is 9.81. The molecule has 1 heterocycles. The monoisotopic (exact) mass is 474 g/mol. The molecule has 0 aromatic heterocycles. The van der Waals surface area contributed by atoms with Gasteiger partial charge >= 0.3 is 0 Å². The van der Waals surface area contributed by atoms with Crippen LogP contribution in [-0.2, 0) is 4.79 Å². The van der Waals surface area contributed by atoms with Crippen LogP contribution in [0.1, 0.15) is 41.7 Å². The highest BCUT2D eigenvalue weighted by Crippen LogP contribution is 2.46. The number of anilines is 2. The van der Waals surface area contributed by atoms with Crippen LogP contribution in [-0.4, -0.2) is 18.8 Å². The molecule has 0 spiro atoms. The van der Waals surface area contributed by atoms with Crippen molar-refractivity contribution in [2.45, 2.75) is 25.8 Å². The van der Waals surface area contributed by atoms with Crippen LogP contribution in [0, 0.1) is 17.6 Å². The van der Waals surface area contributed by atoms with Gasteiger partial charge < -0.3 is 10.1 Å². The van der Waals surface area contributed by atoms with Gasteiger partial charge in [0.05, 0.1) is 30.1 Å². The Bertz CT molecular complexity index is 1350. The summed E-state index contributed by atoms with van der Waals surface area (Å²) in [5.74, 6) is -1.74. The largest absolute Gasteiger partial charge is 0.496 e. The van der Waals surface area contributed by atoms with Crippen molar-refractivity contribution < 1.29 is 23.1 Å². The molecule has 7 heteroatoms. The molecule has 2 aliphatic rings. The molecule has 1 aliphatic carbocycles. The van der Waals surface area contributed by atoms with Gasteiger partial charge in [-0.25, -0.2) is 8.78 Å². The van der Waals surface area contributed by atoms with Crippen molar-refractivity contribution in [2.75, 3.05) is 17.3 Å². The minimum absolute atomic E-state index is 0.0854. The Kier molecular flexibility index (Phi) is 5.84. The number of halogens is 2. The van der Waals surface area contributed by atoms with Crippen molar-refractivity contribution in [2.24, 2.45) is 5.92 Å². The van der Waals surface area contributed by atoms with Crippen LogP contribution in [0.25, 0.3) is 0 Å². The number of nitrogens with one attached hydrogen (secondary N) is 1. The first kappa shape index (κ1) is 22.8. The zero-order valence-electron chi connectivity index (χ0n) is 19.3. The molecular weight excluding hydrogens is 450 g/mol. The second kappa shape index (κ2) is 8.98. The summed E-state index contributed by atoms with van der Waals surface area (Å²) in [6.45, 7) is 1.98. The van der Waals surface area contributed by atoms with E-state index in [4.69, 9.17) is 4.74 Å². The van der Waals surface area contributed by atoms with E-state index in [0.717, 1.165) is 6.07 Å². The lowest BCUT2D eigenvalue weighted by molar-refractivity contribution is -0.117. The Morgan fingerprint density at radius 1 is 1.00 bits per heavy atom. The molecule has 178 valence electrons. The van der Waals surface area contributed by atoms with E-state index in [-0.39, 0.29) is 29.2 Å². The fourth-order valence-corrected chi connectivity index (χ4v) is 5.01. The Morgan fingerprint density at radius 2 is 1.69 bits per heavy atom. The molecule has 1 aliphatic heterocycles. The van der Waals surface area contributed by atoms with E-state index in [1.165, 1.54) is 24.1 Å². The Balaban J connectivity index is 1.82. The third-order valence-corrected chi connectivity index (χ3v) is 6.45. The average molecular weight is 475 g/mol. The molecule has 35 heavy (non-hydrogen) atoms. The maximum absolute atomic E-state index is 14.5. The topological polar surface area (TPSA) is 58.6 Å². The van der Waals surface area contributed by atoms with Gasteiger partial charge in [-0.05, 0) is 54.3 Å². The Labute approximate surface area is 202 Å². The van der Waals surface area contributed by atoms with Gasteiger partial charge in [0.15, 0.2) is 5.78 Å². The number of benzene rings is 3. The number of Topliss-reactive ketones (excluding diaryl/α,β-unsaturated/α-hetero) is 1. The number of ether oxygens (including phenoxy) is 1. The van der Waals surface area contributed by atoms with E-state index < -0.39 is 23.6 Å². The first-order chi connectivity index (χ1) is 16.9. The second-order valence-corrected chi connectivity index (χ2v) is 8.95. The number of para-hydroxylation sites is 3. The molecule has 3 aromatic rings. The van der Waals surface area contributed by atoms with Crippen molar-refractivity contribution in [3.63, 3.8) is 0 Å². The molecule has 0 bridgehead atoms. The number of hydrogen-bond donors (Lipinski definition) is 1. The smallest absolute Gasteiger partial charge is 0.262 e. The molecule has 5 nitrogen and oxygen atoms in total. The molecule has 2 atom stereocenters. The van der Waals surface area contributed by atoms with Gasteiger partial charge in [0.1, 0.15) is 17.4 Å². The summed E-state index contributed by atoms with van der Waals surface area (Å²) in [5, 5.41) is 3.36. The summed E-state index contributed by atoms with van der Waals surface area (Å²) in [6, 6.07) is 16.0. The summed E-state index contributed by atoms with van der Waals surface area (Å²) >= 11 is 0. The van der Waals surface area contributed by atoms with Crippen LogP contribution < -0.4 is 15.0 Å². The highest BCUT2D eigenvalue weighted by Gasteiger charge is 2.41. The molecule has 0 unspecified atom stereocenters. The third kappa shape index (κ3) is 4.07. The van der Waals surface area contributed by atoms with Crippen molar-refractivity contribution >= 4 is 23.1 Å². The van der Waals surface area contributed by atoms with Crippen LogP contribution in [0.5, 0.6) is 5.75 Å². The lowest BCUT2D eigenvalue weighted by Crippen LogP contribution is -2.38. The Hall–Kier alpha value is -4.00. The number of fused-ring (bicyclic) bond motifs is 1. The number of carbonyl (C=O) groups excluding carboxylic acids is 2. The van der Waals surface area contributed by atoms with Crippen molar-refractivity contribution in [3.05, 3.63) is 101 Å². The number of rotatable bonds is 3. The molecule has 0 saturated carbocycles. The van der Waals surface area contributed by atoms with E-state index in [0.29, 0.717) is 34.8 Å². The highest BCUT2D eigenvalue weighted by molar-refractivity contribution is 6.13. The van der Waals surface area contributed by atoms with Crippen molar-refractivity contribution in [1.82, 2.24) is 0 Å². The van der Waals surface area contributed by atoms with Gasteiger partial charge in [0.25, 0.3) is 5.91 Å². The van der Waals surface area contributed by atoms with Gasteiger partial charge in [-0.15, -0.1) is 0 Å². The number of hydrogen-bond acceptors (Lipinski definition) is 4. The number of amides is 1. The fraction of sp³-hybridized carbons (Fsp3) is 0.214. The van der Waals surface area contributed by atoms with Crippen molar-refractivity contribution in [1.29, 1.82) is 0 Å². The average Bonchev–Trinajstić information content (AvgIpc) is 2.97. The molecule has 1 amide bonds. The van der Waals surface area contributed by atoms with Crippen LogP contribution in [0.2, 0.25) is 0 Å². The van der Waals surface area contributed by atoms with E-state index in [1.807, 2.05) is 19.1 Å². The fourth-order valence-electron chi connectivity index (χ4n) is 5.01. The SMILES string of the molecule is COc1ccccc1C(=O)N1c2ccccc2NC2=C(C(=O)C[C@H](C)C2)[C@H]1c1cc(F)cc(F)c1. The quantitative estimate of drug-likeness (QED) is 0.503. The number of ketones is 1. The van der Waals surface area contributed by atoms with Gasteiger partial charge in [0, 0.05) is 23.8 Å². The minimum atomic E-state index is -1.04. The summed E-state index contributed by atoms with van der Waals surface area (Å²) < 4.78 is 34.3. The normalized spacial score (nSPS) is 19.4. The molecule has 0 saturated heterocycles. The summed E-state index contributed by atoms with van der Waals surface area (Å²) in [6.07, 6.45) is 0.849. The second-order valence-electron chi connectivity index (χ2n) is 8.95. The molecule has 1 N–H and O–H groups in total. The number of allylic oxidation sites excluding steroid dienone is 1. The van der Waals surface area contributed by atoms with E-state index in [1.54, 1.807) is 36.4 Å². The molecule has 0 fully saturated rings. The van der Waals surface area contributed by atoms with Crippen LogP contribution in [0.4, 0.5) is 20.2 Å². The van der Waals surface area contributed by atoms with E-state index in [9.17, 15) is 18.4 Å². The van der Waals surface area contributed by atoms with Crippen LogP contribution in [0.3, 0.4) is 0 Å². The van der Waals surface area contributed by atoms with Gasteiger partial charge in [-0.1, -0.05) is 31.2 Å². The van der Waals surface area contributed by atoms with E-state index in [2.05, 4.69) is 5.32 Å². The first-order valence-corrected chi connectivity index (χ1v) is 11.4. The van der Waals surface area contributed by atoms with E-state index >= 15 is 0 Å². The van der Waals surface area contributed by atoms with Gasteiger partial charge in [-0.2, -0.15) is 0 Å². The molecule has 5 rings (SSSR count). The van der Waals surface area contributed by atoms with Gasteiger partial charge in [0.2, 0.25) is 0 Å². The minimum Gasteiger partial charge on any atom is -0.496 e. The molecule has 3 aromatic carbocycles. The zero-order chi connectivity index (χ0) is 24.7. The predicted molar refractivity (Wildman–Crippen MR) is 129 cm³/mol. The number of carbonyl (C=O) groups is 2. The van der Waals surface area contributed by atoms with Crippen molar-refractivity contribution in [3.8, 4) is 5.75 Å². The van der Waals surface area contributed by atoms with Crippen LogP contribution in [0.15, 0.2) is 78.0 Å². The lowest BCUT2D eigenvalue weighted by Gasteiger charge is -2.35. The summed E-state index contributed by atoms with van der Waals surface area (Å²) in [4.78, 5) is 29.1. The summed E-state index contributed by atoms with van der Waals surface area (Å²) in [7, 11) is 1.47. The molecule has 0 radical (unpaired) electrons. The maximum atomic E-state index is 14.5. The standard InChI is InChI=1S/C28H24F2N2O3/c1-16-11-22-26(24(33)12-16)27(17-13-18(29)15-19(30)14-17)32(23-9-5-4-8-21(23)31-22)28(34)20-7-3-6-10-25(20)35-2/h3-10,13-16,27,31H,11-12H2,1-2H3/t16-,27-/m1/s1.